The van der Waals surface area contributed by atoms with E-state index in [1.54, 1.807) is 42.5 Å². The van der Waals surface area contributed by atoms with Gasteiger partial charge >= 0.3 is 0 Å². The summed E-state index contributed by atoms with van der Waals surface area (Å²) >= 11 is 0. The zero-order valence-electron chi connectivity index (χ0n) is 16.7. The molecular weight excluding hydrogens is 390 g/mol. The lowest BCUT2D eigenvalue weighted by atomic mass is 10.1. The van der Waals surface area contributed by atoms with Gasteiger partial charge in [-0.3, -0.25) is 9.10 Å². The highest BCUT2D eigenvalue weighted by Gasteiger charge is 2.21. The molecule has 0 aromatic heterocycles. The summed E-state index contributed by atoms with van der Waals surface area (Å²) in [6.45, 7) is 1.75. The Kier molecular flexibility index (Phi) is 6.76. The van der Waals surface area contributed by atoms with Gasteiger partial charge in [0.2, 0.25) is 15.9 Å². The molecule has 1 aliphatic heterocycles. The van der Waals surface area contributed by atoms with E-state index in [0.29, 0.717) is 11.4 Å². The highest BCUT2D eigenvalue weighted by molar-refractivity contribution is 7.92. The van der Waals surface area contributed by atoms with Crippen molar-refractivity contribution < 1.29 is 17.9 Å². The minimum Gasteiger partial charge on any atom is -0.490 e. The highest BCUT2D eigenvalue weighted by atomic mass is 32.2. The predicted molar refractivity (Wildman–Crippen MR) is 115 cm³/mol. The van der Waals surface area contributed by atoms with E-state index >= 15 is 0 Å². The summed E-state index contributed by atoms with van der Waals surface area (Å²) < 4.78 is 31.3. The minimum absolute atomic E-state index is 0.209. The molecule has 2 aromatic carbocycles. The molecule has 1 saturated heterocycles. The van der Waals surface area contributed by atoms with Gasteiger partial charge in [-0.05, 0) is 56.3 Å². The average molecular weight is 418 g/mol. The summed E-state index contributed by atoms with van der Waals surface area (Å²) in [7, 11) is -1.48. The zero-order chi connectivity index (χ0) is 20.9. The van der Waals surface area contributed by atoms with Crippen LogP contribution in [0.4, 0.5) is 11.4 Å². The maximum absolute atomic E-state index is 12.4. The van der Waals surface area contributed by atoms with Gasteiger partial charge in [0.1, 0.15) is 18.4 Å². The van der Waals surface area contributed by atoms with Crippen LogP contribution >= 0.6 is 0 Å². The number of nitrogens with zero attached hydrogens (tertiary/aromatic N) is 2. The molecule has 8 heteroatoms. The van der Waals surface area contributed by atoms with Crippen LogP contribution in [0.3, 0.4) is 0 Å². The van der Waals surface area contributed by atoms with Crippen molar-refractivity contribution in [3.8, 4) is 5.75 Å². The number of rotatable bonds is 7. The number of carbonyl (C=O) groups excluding carboxylic acids is 1. The van der Waals surface area contributed by atoms with Crippen LogP contribution in [-0.2, 0) is 14.8 Å². The van der Waals surface area contributed by atoms with Crippen molar-refractivity contribution in [1.82, 2.24) is 4.90 Å². The molecular formula is C21H27N3O4S. The number of para-hydroxylation sites is 1. The molecule has 0 spiro atoms. The normalized spacial score (nSPS) is 15.7. The molecule has 0 bridgehead atoms. The molecule has 1 amide bonds. The molecule has 0 saturated carbocycles. The Balaban J connectivity index is 1.58. The van der Waals surface area contributed by atoms with Crippen LogP contribution in [0.25, 0.3) is 0 Å². The van der Waals surface area contributed by atoms with E-state index in [-0.39, 0.29) is 12.6 Å². The molecule has 0 aliphatic carbocycles. The number of amides is 1. The number of carbonyl (C=O) groups is 1. The number of nitrogens with one attached hydrogen (secondary N) is 1. The van der Waals surface area contributed by atoms with Gasteiger partial charge in [0.15, 0.2) is 0 Å². The van der Waals surface area contributed by atoms with E-state index in [1.165, 1.54) is 0 Å². The van der Waals surface area contributed by atoms with Crippen molar-refractivity contribution in [3.05, 3.63) is 54.6 Å². The standard InChI is InChI=1S/C21H27N3O4S/c1-23-14-12-20(13-15-23)28-19-10-8-17(9-11-19)22-21(25)16-24(29(2,26)27)18-6-4-3-5-7-18/h3-11,20H,12-16H2,1-2H3,(H,22,25). The minimum atomic E-state index is -3.58. The van der Waals surface area contributed by atoms with E-state index in [9.17, 15) is 13.2 Å². The van der Waals surface area contributed by atoms with Crippen molar-refractivity contribution in [2.75, 3.05) is 42.6 Å². The summed E-state index contributed by atoms with van der Waals surface area (Å²) in [5.41, 5.74) is 1.04. The molecule has 2 aromatic rings. The Morgan fingerprint density at radius 3 is 2.31 bits per heavy atom. The summed E-state index contributed by atoms with van der Waals surface area (Å²) in [6.07, 6.45) is 3.29. The van der Waals surface area contributed by atoms with Crippen molar-refractivity contribution in [2.24, 2.45) is 0 Å². The van der Waals surface area contributed by atoms with Gasteiger partial charge in [0.25, 0.3) is 0 Å². The lowest BCUT2D eigenvalue weighted by molar-refractivity contribution is -0.114. The van der Waals surface area contributed by atoms with E-state index in [0.717, 1.165) is 42.2 Å². The Morgan fingerprint density at radius 2 is 1.72 bits per heavy atom. The lowest BCUT2D eigenvalue weighted by Gasteiger charge is -2.29. The van der Waals surface area contributed by atoms with Gasteiger partial charge < -0.3 is 15.0 Å². The number of benzene rings is 2. The SMILES string of the molecule is CN1CCC(Oc2ccc(NC(=O)CN(c3ccccc3)S(C)(=O)=O)cc2)CC1. The van der Waals surface area contributed by atoms with Crippen molar-refractivity contribution in [1.29, 1.82) is 0 Å². The first-order valence-corrected chi connectivity index (χ1v) is 11.4. The number of sulfonamides is 1. The Hall–Kier alpha value is -2.58. The van der Waals surface area contributed by atoms with E-state index in [2.05, 4.69) is 17.3 Å². The number of anilines is 2. The monoisotopic (exact) mass is 417 g/mol. The second kappa shape index (κ2) is 9.28. The number of hydrogen-bond acceptors (Lipinski definition) is 5. The van der Waals surface area contributed by atoms with Crippen molar-refractivity contribution in [3.63, 3.8) is 0 Å². The molecule has 1 fully saturated rings. The zero-order valence-corrected chi connectivity index (χ0v) is 17.6. The fraction of sp³-hybridized carbons (Fsp3) is 0.381. The topological polar surface area (TPSA) is 79.0 Å². The van der Waals surface area contributed by atoms with Crippen LogP contribution in [-0.4, -0.2) is 58.3 Å². The van der Waals surface area contributed by atoms with Crippen LogP contribution in [0.5, 0.6) is 5.75 Å². The number of hydrogen-bond donors (Lipinski definition) is 1. The van der Waals surface area contributed by atoms with E-state index in [1.807, 2.05) is 12.1 Å². The third-order valence-electron chi connectivity index (χ3n) is 4.84. The maximum atomic E-state index is 12.4. The quantitative estimate of drug-likeness (QED) is 0.749. The molecule has 0 radical (unpaired) electrons. The third-order valence-corrected chi connectivity index (χ3v) is 5.98. The number of ether oxygens (including phenoxy) is 1. The fourth-order valence-corrected chi connectivity index (χ4v) is 4.09. The smallest absolute Gasteiger partial charge is 0.245 e. The second-order valence-corrected chi connectivity index (χ2v) is 9.21. The van der Waals surface area contributed by atoms with Crippen LogP contribution in [0.2, 0.25) is 0 Å². The van der Waals surface area contributed by atoms with Crippen molar-refractivity contribution >= 4 is 27.3 Å². The van der Waals surface area contributed by atoms with Crippen molar-refractivity contribution in [2.45, 2.75) is 18.9 Å². The van der Waals surface area contributed by atoms with Gasteiger partial charge in [0, 0.05) is 18.8 Å². The number of likely N-dealkylation sites (tertiary alicyclic amines) is 1. The number of piperidine rings is 1. The van der Waals surface area contributed by atoms with Crippen LogP contribution in [0, 0.1) is 0 Å². The average Bonchev–Trinajstić information content (AvgIpc) is 2.69. The molecule has 3 rings (SSSR count). The first-order valence-electron chi connectivity index (χ1n) is 9.59. The summed E-state index contributed by atoms with van der Waals surface area (Å²) in [5.74, 6) is 0.350. The molecule has 29 heavy (non-hydrogen) atoms. The van der Waals surface area contributed by atoms with Crippen LogP contribution in [0.15, 0.2) is 54.6 Å². The predicted octanol–water partition coefficient (Wildman–Crippen LogP) is 2.56. The maximum Gasteiger partial charge on any atom is 0.245 e. The first kappa shape index (κ1) is 21.1. The molecule has 1 N–H and O–H groups in total. The summed E-state index contributed by atoms with van der Waals surface area (Å²) in [4.78, 5) is 14.7. The summed E-state index contributed by atoms with van der Waals surface area (Å²) in [6, 6.07) is 15.7. The highest BCUT2D eigenvalue weighted by Crippen LogP contribution is 2.21. The molecule has 1 heterocycles. The van der Waals surface area contributed by atoms with Gasteiger partial charge in [0.05, 0.1) is 11.9 Å². The van der Waals surface area contributed by atoms with Gasteiger partial charge in [-0.15, -0.1) is 0 Å². The third kappa shape index (κ3) is 6.20. The van der Waals surface area contributed by atoms with Gasteiger partial charge in [-0.25, -0.2) is 8.42 Å². The molecule has 7 nitrogen and oxygen atoms in total. The Morgan fingerprint density at radius 1 is 1.10 bits per heavy atom. The molecule has 1 aliphatic rings. The molecule has 156 valence electrons. The lowest BCUT2D eigenvalue weighted by Crippen LogP contribution is -2.37. The van der Waals surface area contributed by atoms with Gasteiger partial charge in [-0.2, -0.15) is 0 Å². The first-order chi connectivity index (χ1) is 13.8. The molecule has 0 atom stereocenters. The van der Waals surface area contributed by atoms with Crippen LogP contribution < -0.4 is 14.4 Å². The fourth-order valence-electron chi connectivity index (χ4n) is 3.24. The Bertz CT molecular complexity index is 909. The Labute approximate surface area is 172 Å². The second-order valence-electron chi connectivity index (χ2n) is 7.30. The molecule has 0 unspecified atom stereocenters. The summed E-state index contributed by atoms with van der Waals surface area (Å²) in [5, 5.41) is 2.74. The largest absolute Gasteiger partial charge is 0.490 e. The van der Waals surface area contributed by atoms with Gasteiger partial charge in [-0.1, -0.05) is 18.2 Å². The van der Waals surface area contributed by atoms with E-state index < -0.39 is 15.9 Å². The van der Waals surface area contributed by atoms with Crippen LogP contribution in [0.1, 0.15) is 12.8 Å². The van der Waals surface area contributed by atoms with E-state index in [4.69, 9.17) is 4.74 Å².